The third-order valence-electron chi connectivity index (χ3n) is 1.15. The molecule has 0 radical (unpaired) electrons. The molecule has 0 amide bonds. The molecule has 0 atom stereocenters. The minimum atomic E-state index is 0.717. The number of hydrogen-bond acceptors (Lipinski definition) is 2. The molecule has 10 heavy (non-hydrogen) atoms. The first-order valence-corrected chi connectivity index (χ1v) is 3.24. The highest BCUT2D eigenvalue weighted by Gasteiger charge is 1.87. The Morgan fingerprint density at radius 2 is 2.30 bits per heavy atom. The van der Waals surface area contributed by atoms with Crippen LogP contribution in [0, 0.1) is 0 Å². The van der Waals surface area contributed by atoms with Gasteiger partial charge in [0.15, 0.2) is 0 Å². The zero-order valence-corrected chi connectivity index (χ0v) is 6.26. The molecule has 0 aliphatic carbocycles. The molecule has 0 spiro atoms. The molecule has 1 rings (SSSR count). The molecule has 0 bridgehead atoms. The molecule has 2 heteroatoms. The van der Waals surface area contributed by atoms with Gasteiger partial charge in [-0.3, -0.25) is 4.99 Å². The molecule has 1 heterocycles. The van der Waals surface area contributed by atoms with Crippen LogP contribution in [0.4, 0.5) is 0 Å². The summed E-state index contributed by atoms with van der Waals surface area (Å²) in [5.41, 5.74) is 2.14. The van der Waals surface area contributed by atoms with Gasteiger partial charge in [0.1, 0.15) is 0 Å². The topological polar surface area (TPSA) is 24.7 Å². The molecule has 0 saturated heterocycles. The Kier molecular flexibility index (Phi) is 2.19. The van der Waals surface area contributed by atoms with Crippen LogP contribution in [0.2, 0.25) is 0 Å². The van der Waals surface area contributed by atoms with Gasteiger partial charge in [-0.1, -0.05) is 0 Å². The van der Waals surface area contributed by atoms with E-state index in [9.17, 15) is 0 Å². The van der Waals surface area contributed by atoms with Crippen LogP contribution in [0.3, 0.4) is 0 Å². The number of hydrogen-bond donors (Lipinski definition) is 0. The first kappa shape index (κ1) is 6.97. The van der Waals surface area contributed by atoms with Crippen LogP contribution >= 0.6 is 0 Å². The minimum absolute atomic E-state index is 0.717. The summed E-state index contributed by atoms with van der Waals surface area (Å²) in [6, 6.07) is 0. The summed E-state index contributed by atoms with van der Waals surface area (Å²) in [5.74, 6) is 2.87. The van der Waals surface area contributed by atoms with Gasteiger partial charge in [0.2, 0.25) is 0 Å². The van der Waals surface area contributed by atoms with Gasteiger partial charge in [0, 0.05) is 18.0 Å². The van der Waals surface area contributed by atoms with Crippen molar-refractivity contribution in [1.82, 2.24) is 0 Å². The maximum atomic E-state index is 4.05. The lowest BCUT2D eigenvalue weighted by atomic mass is 10.3. The lowest BCUT2D eigenvalue weighted by Crippen LogP contribution is -1.87. The minimum Gasteiger partial charge on any atom is -0.264 e. The van der Waals surface area contributed by atoms with E-state index in [1.165, 1.54) is 0 Å². The summed E-state index contributed by atoms with van der Waals surface area (Å²) < 4.78 is 0. The highest BCUT2D eigenvalue weighted by Crippen LogP contribution is 1.95. The average molecular weight is 134 g/mol. The summed E-state index contributed by atoms with van der Waals surface area (Å²) in [6.45, 7) is 4.65. The van der Waals surface area contributed by atoms with E-state index in [2.05, 4.69) is 15.9 Å². The van der Waals surface area contributed by atoms with Gasteiger partial charge in [-0.25, -0.2) is 4.99 Å². The predicted octanol–water partition coefficient (Wildman–Crippen LogP) is 1.59. The molecule has 0 fully saturated rings. The molecule has 0 aromatic rings. The Labute approximate surface area is 60.7 Å². The third kappa shape index (κ3) is 2.00. The molecule has 52 valence electrons. The first-order valence-electron chi connectivity index (χ1n) is 3.24. The number of nitrogens with zero attached hydrogens (tertiary/aromatic N) is 2. The predicted molar refractivity (Wildman–Crippen MR) is 43.7 cm³/mol. The largest absolute Gasteiger partial charge is 0.264 e. The Morgan fingerprint density at radius 3 is 3.10 bits per heavy atom. The highest BCUT2D eigenvalue weighted by molar-refractivity contribution is 5.90. The van der Waals surface area contributed by atoms with Crippen molar-refractivity contribution in [3.8, 4) is 0 Å². The van der Waals surface area contributed by atoms with Crippen molar-refractivity contribution in [1.29, 1.82) is 0 Å². The van der Waals surface area contributed by atoms with E-state index in [0.717, 1.165) is 11.1 Å². The Morgan fingerprint density at radius 1 is 1.50 bits per heavy atom. The van der Waals surface area contributed by atoms with Crippen LogP contribution in [-0.2, 0) is 0 Å². The number of rotatable bonds is 0. The summed E-state index contributed by atoms with van der Waals surface area (Å²) in [6.07, 6.45) is 3.58. The van der Waals surface area contributed by atoms with Crippen LogP contribution < -0.4 is 0 Å². The van der Waals surface area contributed by atoms with Crippen LogP contribution in [0.5, 0.6) is 0 Å². The fraction of sp³-hybridized carbons (Fsp3) is 0.375. The number of allylic oxidation sites excluding steroid dienone is 1. The summed E-state index contributed by atoms with van der Waals surface area (Å²) in [4.78, 5) is 8.09. The SMILES string of the molecule is CC1=C=NC/C(C)=C\N=C1. The van der Waals surface area contributed by atoms with E-state index in [-0.39, 0.29) is 0 Å². The van der Waals surface area contributed by atoms with Crippen molar-refractivity contribution < 1.29 is 0 Å². The van der Waals surface area contributed by atoms with E-state index in [0.29, 0.717) is 6.54 Å². The molecule has 1 aliphatic rings. The third-order valence-corrected chi connectivity index (χ3v) is 1.15. The first-order chi connectivity index (χ1) is 4.79. The molecule has 1 aliphatic heterocycles. The Hall–Kier alpha value is -1.14. The fourth-order valence-electron chi connectivity index (χ4n) is 0.635. The van der Waals surface area contributed by atoms with Crippen molar-refractivity contribution in [3.63, 3.8) is 0 Å². The Balaban J connectivity index is 2.86. The quantitative estimate of drug-likeness (QED) is 0.480. The average Bonchev–Trinajstić information content (AvgIpc) is 1.84. The highest BCUT2D eigenvalue weighted by atomic mass is 14.7. The maximum Gasteiger partial charge on any atom is 0.0709 e. The molecule has 2 nitrogen and oxygen atoms in total. The molecule has 0 N–H and O–H groups in total. The van der Waals surface area contributed by atoms with Gasteiger partial charge < -0.3 is 0 Å². The normalized spacial score (nSPS) is 22.6. The monoisotopic (exact) mass is 134 g/mol. The van der Waals surface area contributed by atoms with Crippen molar-refractivity contribution in [2.24, 2.45) is 9.98 Å². The van der Waals surface area contributed by atoms with Crippen molar-refractivity contribution >= 4 is 12.1 Å². The van der Waals surface area contributed by atoms with E-state index >= 15 is 0 Å². The Bertz CT molecular complexity index is 240. The van der Waals surface area contributed by atoms with Gasteiger partial charge in [-0.2, -0.15) is 0 Å². The van der Waals surface area contributed by atoms with E-state index in [1.54, 1.807) is 6.21 Å². The molecule has 0 saturated carbocycles. The van der Waals surface area contributed by atoms with Crippen molar-refractivity contribution in [3.05, 3.63) is 17.3 Å². The number of aliphatic imine (C=N–C) groups is 2. The molecular formula is C8H10N2. The van der Waals surface area contributed by atoms with Gasteiger partial charge in [-0.05, 0) is 25.3 Å². The standard InChI is InChI=1S/C8H10N2/c1-7-3-9-5-8(2)6-10-4-7/h3,5H,4H2,1-2H3/b7-3-,9-5?. The second-order valence-corrected chi connectivity index (χ2v) is 2.36. The maximum absolute atomic E-state index is 4.05. The van der Waals surface area contributed by atoms with Crippen molar-refractivity contribution in [2.75, 3.05) is 6.54 Å². The van der Waals surface area contributed by atoms with E-state index in [4.69, 9.17) is 0 Å². The second-order valence-electron chi connectivity index (χ2n) is 2.36. The molecular weight excluding hydrogens is 124 g/mol. The smallest absolute Gasteiger partial charge is 0.0709 e. The van der Waals surface area contributed by atoms with Crippen LogP contribution in [0.25, 0.3) is 0 Å². The summed E-state index contributed by atoms with van der Waals surface area (Å²) >= 11 is 0. The van der Waals surface area contributed by atoms with Gasteiger partial charge in [-0.15, -0.1) is 0 Å². The van der Waals surface area contributed by atoms with Crippen molar-refractivity contribution in [2.45, 2.75) is 13.8 Å². The zero-order chi connectivity index (χ0) is 7.40. The van der Waals surface area contributed by atoms with Gasteiger partial charge in [0.05, 0.1) is 6.54 Å². The fourth-order valence-corrected chi connectivity index (χ4v) is 0.635. The van der Waals surface area contributed by atoms with E-state index in [1.807, 2.05) is 20.0 Å². The molecule has 0 aromatic carbocycles. The van der Waals surface area contributed by atoms with Crippen LogP contribution in [-0.4, -0.2) is 18.6 Å². The van der Waals surface area contributed by atoms with Crippen LogP contribution in [0.15, 0.2) is 27.3 Å². The van der Waals surface area contributed by atoms with Crippen LogP contribution in [0.1, 0.15) is 13.8 Å². The van der Waals surface area contributed by atoms with Gasteiger partial charge >= 0.3 is 0 Å². The van der Waals surface area contributed by atoms with Gasteiger partial charge in [0.25, 0.3) is 0 Å². The summed E-state index contributed by atoms with van der Waals surface area (Å²) in [7, 11) is 0. The molecule has 0 aromatic heterocycles. The zero-order valence-electron chi connectivity index (χ0n) is 6.26. The van der Waals surface area contributed by atoms with E-state index < -0.39 is 0 Å². The lowest BCUT2D eigenvalue weighted by Gasteiger charge is -1.92. The molecule has 0 unspecified atom stereocenters. The lowest BCUT2D eigenvalue weighted by molar-refractivity contribution is 1.13. The second kappa shape index (κ2) is 3.14. The summed E-state index contributed by atoms with van der Waals surface area (Å²) in [5, 5.41) is 0.